The summed E-state index contributed by atoms with van der Waals surface area (Å²) >= 11 is 0. The summed E-state index contributed by atoms with van der Waals surface area (Å²) in [6, 6.07) is -0.734. The summed E-state index contributed by atoms with van der Waals surface area (Å²) in [5, 5.41) is 23.8. The molecule has 1 amide bonds. The fraction of sp³-hybridized carbons (Fsp3) is 0.705. The van der Waals surface area contributed by atoms with Crippen molar-refractivity contribution in [1.29, 1.82) is 0 Å². The lowest BCUT2D eigenvalue weighted by molar-refractivity contribution is -0.150. The fourth-order valence-electron chi connectivity index (χ4n) is 8.01. The van der Waals surface area contributed by atoms with E-state index in [-0.39, 0.29) is 31.3 Å². The number of aliphatic hydroxyl groups excluding tert-OH is 2. The third-order valence-corrected chi connectivity index (χ3v) is 12.2. The number of nitrogens with one attached hydrogen (secondary N) is 1. The van der Waals surface area contributed by atoms with Gasteiger partial charge in [0.2, 0.25) is 5.91 Å². The molecular formula is C61H105NO5. The number of amides is 1. The molecule has 0 aromatic carbocycles. The van der Waals surface area contributed by atoms with Crippen molar-refractivity contribution < 1.29 is 24.5 Å². The number of rotatable bonds is 49. The van der Waals surface area contributed by atoms with Crippen LogP contribution in [-0.4, -0.2) is 46.9 Å². The first-order valence-corrected chi connectivity index (χ1v) is 28.0. The predicted octanol–water partition coefficient (Wildman–Crippen LogP) is 17.3. The lowest BCUT2D eigenvalue weighted by Gasteiger charge is -2.24. The van der Waals surface area contributed by atoms with Crippen LogP contribution in [0.3, 0.4) is 0 Å². The van der Waals surface area contributed by atoms with E-state index >= 15 is 0 Å². The molecular weight excluding hydrogens is 827 g/mol. The normalized spacial score (nSPS) is 13.9. The van der Waals surface area contributed by atoms with Gasteiger partial charge in [-0.05, 0) is 83.5 Å². The molecule has 0 aliphatic carbocycles. The van der Waals surface area contributed by atoms with Gasteiger partial charge in [0.15, 0.2) is 0 Å². The molecule has 0 spiro atoms. The van der Waals surface area contributed by atoms with Crippen LogP contribution in [0.1, 0.15) is 252 Å². The molecule has 6 heteroatoms. The SMILES string of the molecule is CC/C=C/C/C=C/C/C=C/C/C=C/C/C=C/CCC(=O)OC(CCCCC/C=C/C=C/C=C/CCCCCCC)CC(=O)NC(CO)C(O)CCCCCCCCCCCCCCCCCC. The first-order valence-electron chi connectivity index (χ1n) is 28.0. The van der Waals surface area contributed by atoms with E-state index in [0.29, 0.717) is 19.3 Å². The Hall–Kier alpha value is -3.22. The molecule has 384 valence electrons. The van der Waals surface area contributed by atoms with Crippen molar-refractivity contribution in [2.45, 2.75) is 270 Å². The van der Waals surface area contributed by atoms with Gasteiger partial charge in [0.25, 0.3) is 0 Å². The molecule has 0 fully saturated rings. The second-order valence-electron chi connectivity index (χ2n) is 18.7. The number of esters is 1. The van der Waals surface area contributed by atoms with Gasteiger partial charge in [-0.2, -0.15) is 0 Å². The van der Waals surface area contributed by atoms with Gasteiger partial charge in [-0.25, -0.2) is 0 Å². The van der Waals surface area contributed by atoms with Gasteiger partial charge in [0.1, 0.15) is 6.10 Å². The molecule has 67 heavy (non-hydrogen) atoms. The minimum Gasteiger partial charge on any atom is -0.462 e. The van der Waals surface area contributed by atoms with E-state index in [9.17, 15) is 19.8 Å². The summed E-state index contributed by atoms with van der Waals surface area (Å²) < 4.78 is 5.89. The van der Waals surface area contributed by atoms with E-state index in [1.807, 2.05) is 6.08 Å². The first kappa shape index (κ1) is 63.8. The molecule has 0 saturated carbocycles. The van der Waals surface area contributed by atoms with Crippen molar-refractivity contribution in [2.24, 2.45) is 0 Å². The van der Waals surface area contributed by atoms with E-state index in [2.05, 4.69) is 117 Å². The summed E-state index contributed by atoms with van der Waals surface area (Å²) in [5.41, 5.74) is 0. The predicted molar refractivity (Wildman–Crippen MR) is 291 cm³/mol. The Morgan fingerprint density at radius 1 is 0.463 bits per heavy atom. The maximum atomic E-state index is 13.2. The Morgan fingerprint density at radius 3 is 1.33 bits per heavy atom. The highest BCUT2D eigenvalue weighted by molar-refractivity contribution is 5.77. The van der Waals surface area contributed by atoms with Gasteiger partial charge in [-0.1, -0.05) is 253 Å². The molecule has 3 N–H and O–H groups in total. The fourth-order valence-corrected chi connectivity index (χ4v) is 8.01. The highest BCUT2D eigenvalue weighted by atomic mass is 16.5. The van der Waals surface area contributed by atoms with Crippen molar-refractivity contribution in [2.75, 3.05) is 6.61 Å². The number of ether oxygens (including phenoxy) is 1. The van der Waals surface area contributed by atoms with Crippen molar-refractivity contribution >= 4 is 11.9 Å². The average molecular weight is 933 g/mol. The van der Waals surface area contributed by atoms with Crippen LogP contribution >= 0.6 is 0 Å². The Balaban J connectivity index is 4.74. The Bertz CT molecular complexity index is 1320. The highest BCUT2D eigenvalue weighted by Gasteiger charge is 2.24. The molecule has 0 radical (unpaired) electrons. The molecule has 0 aliphatic heterocycles. The zero-order chi connectivity index (χ0) is 48.8. The van der Waals surface area contributed by atoms with Crippen LogP contribution in [0.25, 0.3) is 0 Å². The van der Waals surface area contributed by atoms with Gasteiger partial charge >= 0.3 is 5.97 Å². The largest absolute Gasteiger partial charge is 0.462 e. The van der Waals surface area contributed by atoms with Gasteiger partial charge < -0.3 is 20.3 Å². The smallest absolute Gasteiger partial charge is 0.306 e. The Kier molecular flexibility index (Phi) is 51.1. The lowest BCUT2D eigenvalue weighted by Crippen LogP contribution is -2.46. The molecule has 0 aliphatic rings. The Labute approximate surface area is 414 Å². The summed E-state index contributed by atoms with van der Waals surface area (Å²) in [7, 11) is 0. The van der Waals surface area contributed by atoms with E-state index in [4.69, 9.17) is 4.74 Å². The first-order chi connectivity index (χ1) is 33.0. The summed E-state index contributed by atoms with van der Waals surface area (Å²) in [5.74, 6) is -0.609. The third kappa shape index (κ3) is 49.0. The quantitative estimate of drug-likeness (QED) is 0.0244. The number of unbranched alkanes of at least 4 members (excludes halogenated alkanes) is 23. The molecule has 6 nitrogen and oxygen atoms in total. The van der Waals surface area contributed by atoms with Gasteiger partial charge in [-0.15, -0.1) is 0 Å². The third-order valence-electron chi connectivity index (χ3n) is 12.2. The average Bonchev–Trinajstić information content (AvgIpc) is 3.32. The van der Waals surface area contributed by atoms with Crippen molar-refractivity contribution in [1.82, 2.24) is 5.32 Å². The van der Waals surface area contributed by atoms with Crippen LogP contribution in [0.15, 0.2) is 97.2 Å². The van der Waals surface area contributed by atoms with Crippen LogP contribution in [-0.2, 0) is 14.3 Å². The monoisotopic (exact) mass is 932 g/mol. The van der Waals surface area contributed by atoms with Crippen molar-refractivity contribution in [3.05, 3.63) is 97.2 Å². The van der Waals surface area contributed by atoms with Crippen LogP contribution in [0.5, 0.6) is 0 Å². The molecule has 0 aromatic rings. The second kappa shape index (κ2) is 53.7. The molecule has 0 aromatic heterocycles. The minimum atomic E-state index is -0.815. The molecule has 3 unspecified atom stereocenters. The number of allylic oxidation sites excluding steroid dienone is 16. The number of aliphatic hydroxyl groups is 2. The molecule has 3 atom stereocenters. The van der Waals surface area contributed by atoms with Gasteiger partial charge in [-0.3, -0.25) is 9.59 Å². The van der Waals surface area contributed by atoms with Gasteiger partial charge in [0, 0.05) is 6.42 Å². The lowest BCUT2D eigenvalue weighted by atomic mass is 10.0. The standard InChI is InChI=1S/C61H105NO5/c1-4-7-10-13-16-19-22-25-28-31-34-37-40-43-46-49-52-57(67-61(66)54-51-48-45-42-39-36-33-30-27-24-21-18-15-12-9-6-3)55-60(65)62-58(56-63)59(64)53-50-47-44-41-38-35-32-29-26-23-20-17-14-11-8-5-2/h9,12,18,21-22,25,27-28,30-31,34,36-37,39,45,48,57-59,63-64H,4-8,10-11,13-17,19-20,23-24,26,29,32-33,35,38,40-44,46-47,49-56H2,1-3H3,(H,62,65)/b12-9+,21-18+,25-22+,30-27+,31-28+,37-34+,39-36+,48-45+. The van der Waals surface area contributed by atoms with Crippen LogP contribution in [0, 0.1) is 0 Å². The number of hydrogen-bond donors (Lipinski definition) is 3. The van der Waals surface area contributed by atoms with E-state index in [1.54, 1.807) is 0 Å². The summed E-state index contributed by atoms with van der Waals surface area (Å²) in [6.45, 7) is 6.34. The number of carbonyl (C=O) groups is 2. The topological polar surface area (TPSA) is 95.9 Å². The maximum absolute atomic E-state index is 13.2. The van der Waals surface area contributed by atoms with Crippen LogP contribution < -0.4 is 5.32 Å². The van der Waals surface area contributed by atoms with Crippen LogP contribution in [0.4, 0.5) is 0 Å². The summed E-state index contributed by atoms with van der Waals surface area (Å²) in [4.78, 5) is 26.2. The van der Waals surface area contributed by atoms with E-state index in [1.165, 1.54) is 116 Å². The molecule has 0 rings (SSSR count). The zero-order valence-corrected chi connectivity index (χ0v) is 43.8. The highest BCUT2D eigenvalue weighted by Crippen LogP contribution is 2.17. The molecule has 0 heterocycles. The number of carbonyl (C=O) groups excluding carboxylic acids is 2. The van der Waals surface area contributed by atoms with Gasteiger partial charge in [0.05, 0.1) is 25.2 Å². The zero-order valence-electron chi connectivity index (χ0n) is 43.8. The second-order valence-corrected chi connectivity index (χ2v) is 18.7. The molecule has 0 bridgehead atoms. The summed E-state index contributed by atoms with van der Waals surface area (Å²) in [6.07, 6.45) is 71.9. The van der Waals surface area contributed by atoms with Crippen molar-refractivity contribution in [3.63, 3.8) is 0 Å². The van der Waals surface area contributed by atoms with E-state index < -0.39 is 18.2 Å². The minimum absolute atomic E-state index is 0.0205. The maximum Gasteiger partial charge on any atom is 0.306 e. The Morgan fingerprint density at radius 2 is 0.866 bits per heavy atom. The van der Waals surface area contributed by atoms with Crippen molar-refractivity contribution in [3.8, 4) is 0 Å². The van der Waals surface area contributed by atoms with Crippen LogP contribution in [0.2, 0.25) is 0 Å². The van der Waals surface area contributed by atoms with E-state index in [0.717, 1.165) is 83.5 Å². The molecule has 0 saturated heterocycles. The number of hydrogen-bond acceptors (Lipinski definition) is 5.